The maximum absolute atomic E-state index is 12.3. The molecule has 0 bridgehead atoms. The van der Waals surface area contributed by atoms with Crippen LogP contribution in [0.15, 0.2) is 35.5 Å². The highest BCUT2D eigenvalue weighted by Gasteiger charge is 2.72. The first-order chi connectivity index (χ1) is 13.7. The molecule has 2 saturated carbocycles. The third kappa shape index (κ3) is 3.37. The maximum Gasteiger partial charge on any atom is 0.163 e. The molecule has 0 aromatic heterocycles. The summed E-state index contributed by atoms with van der Waals surface area (Å²) in [6.45, 7) is 12.4. The normalized spacial score (nSPS) is 47.3. The van der Waals surface area contributed by atoms with Crippen LogP contribution in [0, 0.1) is 29.6 Å². The Labute approximate surface area is 175 Å². The fourth-order valence-corrected chi connectivity index (χ4v) is 6.29. The van der Waals surface area contributed by atoms with Crippen molar-refractivity contribution in [1.29, 1.82) is 0 Å². The topological polar surface area (TPSA) is 62.4 Å². The van der Waals surface area contributed by atoms with Gasteiger partial charge in [0.2, 0.25) is 0 Å². The van der Waals surface area contributed by atoms with E-state index in [1.165, 1.54) is 5.57 Å². The van der Waals surface area contributed by atoms with Crippen molar-refractivity contribution in [2.45, 2.75) is 77.8 Å². The molecule has 2 heterocycles. The number of ketones is 1. The molecule has 0 radical (unpaired) electrons. The number of carbonyl (C=O) groups excluding carboxylic acids is 1. The number of aliphatic hydroxyl groups excluding tert-OH is 1. The summed E-state index contributed by atoms with van der Waals surface area (Å²) in [5.41, 5.74) is 2.06. The van der Waals surface area contributed by atoms with E-state index in [9.17, 15) is 9.90 Å². The molecule has 4 fully saturated rings. The monoisotopic (exact) mass is 400 g/mol. The van der Waals surface area contributed by atoms with Crippen LogP contribution in [-0.4, -0.2) is 40.9 Å². The van der Waals surface area contributed by atoms with Crippen LogP contribution in [0.4, 0.5) is 0 Å². The third-order valence-electron chi connectivity index (χ3n) is 8.22. The minimum absolute atomic E-state index is 0.0113. The third-order valence-corrected chi connectivity index (χ3v) is 8.22. The Balaban J connectivity index is 1.62. The van der Waals surface area contributed by atoms with Gasteiger partial charge in [0.25, 0.3) is 0 Å². The predicted octanol–water partition coefficient (Wildman–Crippen LogP) is 4.24. The van der Waals surface area contributed by atoms with Crippen LogP contribution in [0.2, 0.25) is 0 Å². The van der Waals surface area contributed by atoms with Crippen LogP contribution in [0.1, 0.15) is 54.4 Å². The Kier molecular flexibility index (Phi) is 5.20. The van der Waals surface area contributed by atoms with Gasteiger partial charge < -0.3 is 14.6 Å². The van der Waals surface area contributed by atoms with Gasteiger partial charge in [0, 0.05) is 11.8 Å². The number of fused-ring (bicyclic) bond motifs is 4. The van der Waals surface area contributed by atoms with Crippen molar-refractivity contribution < 1.29 is 19.4 Å². The highest BCUT2D eigenvalue weighted by Crippen LogP contribution is 2.67. The summed E-state index contributed by atoms with van der Waals surface area (Å²) < 4.78 is 12.5. The van der Waals surface area contributed by atoms with Gasteiger partial charge in [-0.05, 0) is 70.8 Å². The Hall–Kier alpha value is -1.23. The van der Waals surface area contributed by atoms with Gasteiger partial charge >= 0.3 is 0 Å². The van der Waals surface area contributed by atoms with E-state index in [1.807, 2.05) is 13.0 Å². The maximum atomic E-state index is 12.3. The summed E-state index contributed by atoms with van der Waals surface area (Å²) in [6, 6.07) is 0. The molecular weight excluding hydrogens is 364 g/mol. The number of ether oxygens (including phenoxy) is 2. The van der Waals surface area contributed by atoms with Crippen molar-refractivity contribution in [3.05, 3.63) is 35.5 Å². The minimum Gasteiger partial charge on any atom is -0.396 e. The number of epoxide rings is 2. The van der Waals surface area contributed by atoms with Crippen molar-refractivity contribution in [3.63, 3.8) is 0 Å². The molecule has 4 rings (SSSR count). The molecule has 160 valence electrons. The molecular formula is C25H36O4. The second-order valence-electron chi connectivity index (χ2n) is 10.2. The molecule has 29 heavy (non-hydrogen) atoms. The molecule has 2 saturated heterocycles. The van der Waals surface area contributed by atoms with Gasteiger partial charge in [-0.25, -0.2) is 0 Å². The van der Waals surface area contributed by atoms with E-state index in [1.54, 1.807) is 6.92 Å². The lowest BCUT2D eigenvalue weighted by Crippen LogP contribution is -2.48. The Bertz CT molecular complexity index is 780. The minimum atomic E-state index is -0.348. The van der Waals surface area contributed by atoms with Gasteiger partial charge in [-0.1, -0.05) is 36.8 Å². The SMILES string of the molecule is C/C=C(\C)[C@@H]1[C@@H](/C=C\C=C(/C)C(=O)[C@@H](C)CO)[C@@H]2C[C@@H]3O[C@]3(C)C[C@H]2[C@@H]2O[C@]12C. The van der Waals surface area contributed by atoms with E-state index in [0.717, 1.165) is 12.8 Å². The first-order valence-corrected chi connectivity index (χ1v) is 11.1. The lowest BCUT2D eigenvalue weighted by Gasteiger charge is -2.45. The van der Waals surface area contributed by atoms with Crippen LogP contribution in [0.3, 0.4) is 0 Å². The van der Waals surface area contributed by atoms with E-state index < -0.39 is 0 Å². The van der Waals surface area contributed by atoms with Crippen LogP contribution in [0.25, 0.3) is 0 Å². The molecule has 2 aliphatic heterocycles. The fraction of sp³-hybridized carbons (Fsp3) is 0.720. The quantitative estimate of drug-likeness (QED) is 0.313. The van der Waals surface area contributed by atoms with Crippen LogP contribution < -0.4 is 0 Å². The molecule has 4 heteroatoms. The molecule has 0 amide bonds. The Morgan fingerprint density at radius 2 is 1.97 bits per heavy atom. The number of aliphatic hydroxyl groups is 1. The molecule has 0 aromatic rings. The zero-order valence-electron chi connectivity index (χ0n) is 18.6. The van der Waals surface area contributed by atoms with Gasteiger partial charge in [-0.2, -0.15) is 0 Å². The lowest BCUT2D eigenvalue weighted by atomic mass is 9.55. The van der Waals surface area contributed by atoms with Gasteiger partial charge in [-0.3, -0.25) is 4.79 Å². The molecule has 4 nitrogen and oxygen atoms in total. The average molecular weight is 401 g/mol. The zero-order valence-corrected chi connectivity index (χ0v) is 18.6. The Morgan fingerprint density at radius 3 is 2.62 bits per heavy atom. The van der Waals surface area contributed by atoms with Crippen LogP contribution in [0.5, 0.6) is 0 Å². The molecule has 4 aliphatic rings. The Morgan fingerprint density at radius 1 is 1.24 bits per heavy atom. The summed E-state index contributed by atoms with van der Waals surface area (Å²) in [5, 5.41) is 9.25. The van der Waals surface area contributed by atoms with Crippen LogP contribution in [-0.2, 0) is 14.3 Å². The number of Topliss-reactive ketones (excluding diaryl/α,β-unsaturated/α-hetero) is 1. The number of allylic oxidation sites excluding steroid dienone is 5. The lowest BCUT2D eigenvalue weighted by molar-refractivity contribution is -0.119. The van der Waals surface area contributed by atoms with E-state index in [4.69, 9.17) is 9.47 Å². The van der Waals surface area contributed by atoms with Crippen molar-refractivity contribution in [1.82, 2.24) is 0 Å². The van der Waals surface area contributed by atoms with Crippen LogP contribution >= 0.6 is 0 Å². The molecule has 0 spiro atoms. The molecule has 0 unspecified atom stereocenters. The van der Waals surface area contributed by atoms with E-state index >= 15 is 0 Å². The number of hydrogen-bond acceptors (Lipinski definition) is 4. The second-order valence-corrected chi connectivity index (χ2v) is 10.2. The standard InChI is InChI=1S/C25H36O4/c1-7-14(2)21-17(10-8-9-15(3)22(27)16(4)13-26)18-11-20-24(5,28-20)12-19(18)23-25(21,6)29-23/h7-10,16-21,23,26H,11-13H2,1-6H3/b10-8-,14-7+,15-9+/t16-,17-,18-,19+,20-,21+,23-,24+,25+/m0/s1. The highest BCUT2D eigenvalue weighted by atomic mass is 16.6. The highest BCUT2D eigenvalue weighted by molar-refractivity contribution is 5.96. The van der Waals surface area contributed by atoms with Gasteiger partial charge in [0.15, 0.2) is 5.78 Å². The summed E-state index contributed by atoms with van der Waals surface area (Å²) in [4.78, 5) is 12.3. The number of rotatable bonds is 6. The fourth-order valence-electron chi connectivity index (χ4n) is 6.29. The predicted molar refractivity (Wildman–Crippen MR) is 113 cm³/mol. The first kappa shape index (κ1) is 21.0. The van der Waals surface area contributed by atoms with Crippen molar-refractivity contribution in [2.75, 3.05) is 6.61 Å². The summed E-state index contributed by atoms with van der Waals surface area (Å²) in [5.74, 6) is 1.49. The van der Waals surface area contributed by atoms with Crippen molar-refractivity contribution in [3.8, 4) is 0 Å². The molecule has 0 aromatic carbocycles. The van der Waals surface area contributed by atoms with Gasteiger partial charge in [0.05, 0.1) is 30.0 Å². The van der Waals surface area contributed by atoms with Crippen molar-refractivity contribution in [2.24, 2.45) is 29.6 Å². The summed E-state index contributed by atoms with van der Waals surface area (Å²) >= 11 is 0. The summed E-state index contributed by atoms with van der Waals surface area (Å²) in [7, 11) is 0. The van der Waals surface area contributed by atoms with E-state index in [0.29, 0.717) is 41.5 Å². The van der Waals surface area contributed by atoms with E-state index in [2.05, 4.69) is 45.9 Å². The van der Waals surface area contributed by atoms with E-state index in [-0.39, 0.29) is 29.5 Å². The van der Waals surface area contributed by atoms with Gasteiger partial charge in [0.1, 0.15) is 0 Å². The molecule has 1 N–H and O–H groups in total. The summed E-state index contributed by atoms with van der Waals surface area (Å²) in [6.07, 6.45) is 11.4. The van der Waals surface area contributed by atoms with Gasteiger partial charge in [-0.15, -0.1) is 0 Å². The van der Waals surface area contributed by atoms with Crippen molar-refractivity contribution >= 4 is 5.78 Å². The second kappa shape index (κ2) is 7.18. The average Bonchev–Trinajstić information content (AvgIpc) is 3.57. The molecule has 2 aliphatic carbocycles. The zero-order chi connectivity index (χ0) is 21.1. The molecule has 9 atom stereocenters. The largest absolute Gasteiger partial charge is 0.396 e. The first-order valence-electron chi connectivity index (χ1n) is 11.1. The smallest absolute Gasteiger partial charge is 0.163 e. The number of hydrogen-bond donors (Lipinski definition) is 1. The number of carbonyl (C=O) groups is 1.